The third-order valence-electron chi connectivity index (χ3n) is 3.34. The Labute approximate surface area is 115 Å². The van der Waals surface area contributed by atoms with E-state index in [1.54, 1.807) is 25.3 Å². The quantitative estimate of drug-likeness (QED) is 0.921. The molecule has 0 saturated carbocycles. The number of pyridine rings is 1. The second kappa shape index (κ2) is 5.97. The van der Waals surface area contributed by atoms with Crippen molar-refractivity contribution in [2.75, 3.05) is 37.6 Å². The molecule has 1 N–H and O–H groups in total. The monoisotopic (exact) mass is 289 g/mol. The largest absolute Gasteiger partial charge is 0.401 e. The molecule has 1 fully saturated rings. The number of rotatable bonds is 3. The van der Waals surface area contributed by atoms with Crippen molar-refractivity contribution in [2.45, 2.75) is 19.2 Å². The molecule has 0 spiro atoms. The van der Waals surface area contributed by atoms with Crippen LogP contribution >= 0.6 is 0 Å². The lowest BCUT2D eigenvalue weighted by molar-refractivity contribution is -0.146. The average Bonchev–Trinajstić information content (AvgIpc) is 2.38. The highest BCUT2D eigenvalue weighted by Gasteiger charge is 2.32. The van der Waals surface area contributed by atoms with Crippen molar-refractivity contribution in [1.29, 1.82) is 0 Å². The lowest BCUT2D eigenvalue weighted by atomic mass is 10.1. The smallest absolute Gasteiger partial charge is 0.389 e. The van der Waals surface area contributed by atoms with Crippen molar-refractivity contribution in [2.24, 2.45) is 0 Å². The number of alkyl halides is 3. The molecule has 0 aliphatic carbocycles. The first kappa shape index (κ1) is 15.1. The molecule has 4 nitrogen and oxygen atoms in total. The van der Waals surface area contributed by atoms with Crippen LogP contribution in [-0.2, 0) is 0 Å². The van der Waals surface area contributed by atoms with E-state index in [9.17, 15) is 18.3 Å². The molecule has 1 aliphatic heterocycles. The van der Waals surface area contributed by atoms with Crippen LogP contribution in [0.5, 0.6) is 0 Å². The zero-order chi connectivity index (χ0) is 14.8. The Morgan fingerprint density at radius 2 is 1.95 bits per heavy atom. The van der Waals surface area contributed by atoms with Crippen LogP contribution in [0.15, 0.2) is 18.3 Å². The first-order valence-electron chi connectivity index (χ1n) is 6.54. The SMILES string of the molecule is CC(O)c1cccnc1N1CCN(CC(F)(F)F)CC1. The predicted molar refractivity (Wildman–Crippen MR) is 69.6 cm³/mol. The van der Waals surface area contributed by atoms with Crippen molar-refractivity contribution in [1.82, 2.24) is 9.88 Å². The van der Waals surface area contributed by atoms with Crippen LogP contribution in [0.3, 0.4) is 0 Å². The normalized spacial score (nSPS) is 19.1. The standard InChI is InChI=1S/C13H18F3N3O/c1-10(20)11-3-2-4-17-12(11)19-7-5-18(6-8-19)9-13(14,15)16/h2-4,10,20H,5-9H2,1H3. The zero-order valence-corrected chi connectivity index (χ0v) is 11.3. The average molecular weight is 289 g/mol. The fourth-order valence-corrected chi connectivity index (χ4v) is 2.37. The first-order chi connectivity index (χ1) is 9.37. The summed E-state index contributed by atoms with van der Waals surface area (Å²) in [5.41, 5.74) is 0.705. The Kier molecular flexibility index (Phi) is 4.49. The van der Waals surface area contributed by atoms with Crippen LogP contribution < -0.4 is 4.90 Å². The van der Waals surface area contributed by atoms with E-state index in [1.807, 2.05) is 4.90 Å². The molecule has 112 valence electrons. The second-order valence-corrected chi connectivity index (χ2v) is 4.97. The van der Waals surface area contributed by atoms with Crippen LogP contribution in [0.1, 0.15) is 18.6 Å². The molecule has 1 atom stereocenters. The van der Waals surface area contributed by atoms with Crippen LogP contribution in [0.4, 0.5) is 19.0 Å². The van der Waals surface area contributed by atoms with Gasteiger partial charge in [0.15, 0.2) is 0 Å². The Balaban J connectivity index is 2.01. The van der Waals surface area contributed by atoms with Gasteiger partial charge in [0.05, 0.1) is 12.6 Å². The summed E-state index contributed by atoms with van der Waals surface area (Å²) in [6.07, 6.45) is -3.17. The van der Waals surface area contributed by atoms with Gasteiger partial charge in [0.1, 0.15) is 5.82 Å². The summed E-state index contributed by atoms with van der Waals surface area (Å²) in [6, 6.07) is 3.53. The molecule has 1 saturated heterocycles. The molecule has 0 aromatic carbocycles. The minimum Gasteiger partial charge on any atom is -0.389 e. The molecule has 1 aromatic rings. The summed E-state index contributed by atoms with van der Waals surface area (Å²) < 4.78 is 37.0. The van der Waals surface area contributed by atoms with Crippen molar-refractivity contribution in [3.05, 3.63) is 23.9 Å². The number of piperazine rings is 1. The number of aliphatic hydroxyl groups excluding tert-OH is 1. The van der Waals surface area contributed by atoms with Gasteiger partial charge in [-0.25, -0.2) is 4.98 Å². The van der Waals surface area contributed by atoms with E-state index >= 15 is 0 Å². The van der Waals surface area contributed by atoms with Crippen LogP contribution in [0.25, 0.3) is 0 Å². The summed E-state index contributed by atoms with van der Waals surface area (Å²) in [5.74, 6) is 0.661. The fourth-order valence-electron chi connectivity index (χ4n) is 2.37. The number of aromatic nitrogens is 1. The van der Waals surface area contributed by atoms with E-state index in [0.717, 1.165) is 0 Å². The molecular weight excluding hydrogens is 271 g/mol. The highest BCUT2D eigenvalue weighted by Crippen LogP contribution is 2.25. The van der Waals surface area contributed by atoms with Gasteiger partial charge >= 0.3 is 6.18 Å². The van der Waals surface area contributed by atoms with Gasteiger partial charge in [0.25, 0.3) is 0 Å². The van der Waals surface area contributed by atoms with Crippen LogP contribution in [-0.4, -0.2) is 53.9 Å². The van der Waals surface area contributed by atoms with Crippen molar-refractivity contribution < 1.29 is 18.3 Å². The number of nitrogens with zero attached hydrogens (tertiary/aromatic N) is 3. The van der Waals surface area contributed by atoms with Gasteiger partial charge < -0.3 is 10.0 Å². The fraction of sp³-hybridized carbons (Fsp3) is 0.615. The van der Waals surface area contributed by atoms with Gasteiger partial charge in [0, 0.05) is 37.9 Å². The number of hydrogen-bond acceptors (Lipinski definition) is 4. The number of halogens is 3. The molecule has 1 unspecified atom stereocenters. The molecule has 0 radical (unpaired) electrons. The molecule has 1 aromatic heterocycles. The molecule has 1 aliphatic rings. The van der Waals surface area contributed by atoms with Crippen molar-refractivity contribution >= 4 is 5.82 Å². The summed E-state index contributed by atoms with van der Waals surface area (Å²) in [5, 5.41) is 9.71. The van der Waals surface area contributed by atoms with Gasteiger partial charge in [-0.2, -0.15) is 13.2 Å². The summed E-state index contributed by atoms with van der Waals surface area (Å²) in [4.78, 5) is 7.56. The summed E-state index contributed by atoms with van der Waals surface area (Å²) >= 11 is 0. The maximum atomic E-state index is 12.3. The Morgan fingerprint density at radius 3 is 2.50 bits per heavy atom. The highest BCUT2D eigenvalue weighted by molar-refractivity contribution is 5.48. The van der Waals surface area contributed by atoms with Crippen molar-refractivity contribution in [3.63, 3.8) is 0 Å². The highest BCUT2D eigenvalue weighted by atomic mass is 19.4. The maximum absolute atomic E-state index is 12.3. The minimum absolute atomic E-state index is 0.343. The van der Waals surface area contributed by atoms with Gasteiger partial charge in [-0.15, -0.1) is 0 Å². The third kappa shape index (κ3) is 3.83. The number of hydrogen-bond donors (Lipinski definition) is 1. The molecule has 7 heteroatoms. The number of anilines is 1. The Morgan fingerprint density at radius 1 is 1.30 bits per heavy atom. The van der Waals surface area contributed by atoms with Gasteiger partial charge in [-0.3, -0.25) is 4.90 Å². The van der Waals surface area contributed by atoms with E-state index < -0.39 is 18.8 Å². The first-order valence-corrected chi connectivity index (χ1v) is 6.54. The maximum Gasteiger partial charge on any atom is 0.401 e. The molecular formula is C13H18F3N3O. The molecule has 20 heavy (non-hydrogen) atoms. The lowest BCUT2D eigenvalue weighted by Gasteiger charge is -2.36. The molecule has 2 rings (SSSR count). The molecule has 0 bridgehead atoms. The summed E-state index contributed by atoms with van der Waals surface area (Å²) in [6.45, 7) is 2.43. The van der Waals surface area contributed by atoms with Gasteiger partial charge in [-0.05, 0) is 13.0 Å². The summed E-state index contributed by atoms with van der Waals surface area (Å²) in [7, 11) is 0. The Hall–Kier alpha value is -1.34. The van der Waals surface area contributed by atoms with Gasteiger partial charge in [0.2, 0.25) is 0 Å². The van der Waals surface area contributed by atoms with E-state index in [1.165, 1.54) is 4.90 Å². The van der Waals surface area contributed by atoms with E-state index in [0.29, 0.717) is 37.6 Å². The third-order valence-corrected chi connectivity index (χ3v) is 3.34. The Bertz CT molecular complexity index is 443. The van der Waals surface area contributed by atoms with Crippen LogP contribution in [0.2, 0.25) is 0 Å². The van der Waals surface area contributed by atoms with E-state index in [4.69, 9.17) is 0 Å². The minimum atomic E-state index is -4.15. The lowest BCUT2D eigenvalue weighted by Crippen LogP contribution is -2.49. The second-order valence-electron chi connectivity index (χ2n) is 4.97. The topological polar surface area (TPSA) is 39.6 Å². The molecule has 0 amide bonds. The van der Waals surface area contributed by atoms with Crippen LogP contribution in [0, 0.1) is 0 Å². The predicted octanol–water partition coefficient (Wildman–Crippen LogP) is 1.82. The van der Waals surface area contributed by atoms with Gasteiger partial charge in [-0.1, -0.05) is 6.07 Å². The van der Waals surface area contributed by atoms with E-state index in [2.05, 4.69) is 4.98 Å². The molecule has 2 heterocycles. The van der Waals surface area contributed by atoms with E-state index in [-0.39, 0.29) is 0 Å². The number of aliphatic hydroxyl groups is 1. The van der Waals surface area contributed by atoms with Crippen molar-refractivity contribution in [3.8, 4) is 0 Å². The zero-order valence-electron chi connectivity index (χ0n) is 11.3.